The van der Waals surface area contributed by atoms with Gasteiger partial charge in [-0.25, -0.2) is 9.38 Å². The Morgan fingerprint density at radius 2 is 1.72 bits per heavy atom. The summed E-state index contributed by atoms with van der Waals surface area (Å²) in [6, 6.07) is 23.2. The molecule has 5 heteroatoms. The van der Waals surface area contributed by atoms with Crippen LogP contribution in [-0.4, -0.2) is 13.0 Å². The summed E-state index contributed by atoms with van der Waals surface area (Å²) in [5.41, 5.74) is 2.45. The van der Waals surface area contributed by atoms with Crippen LogP contribution in [0.5, 0.6) is 5.75 Å². The Bertz CT molecular complexity index is 1680. The molecule has 154 valence electrons. The van der Waals surface area contributed by atoms with Crippen LogP contribution in [0.2, 0.25) is 0 Å². The van der Waals surface area contributed by atoms with Crippen molar-refractivity contribution in [2.24, 2.45) is 4.99 Å². The molecule has 1 aromatic heterocycles. The van der Waals surface area contributed by atoms with E-state index in [4.69, 9.17) is 9.15 Å². The van der Waals surface area contributed by atoms with Crippen LogP contribution in [0, 0.1) is 5.82 Å². The van der Waals surface area contributed by atoms with Crippen molar-refractivity contribution < 1.29 is 18.3 Å². The molecule has 1 aliphatic rings. The Kier molecular flexibility index (Phi) is 3.98. The highest BCUT2D eigenvalue weighted by atomic mass is 19.1. The van der Waals surface area contributed by atoms with E-state index in [1.54, 1.807) is 19.2 Å². The zero-order valence-corrected chi connectivity index (χ0v) is 17.1. The van der Waals surface area contributed by atoms with Crippen LogP contribution < -0.4 is 15.3 Å². The third-order valence-electron chi connectivity index (χ3n) is 5.85. The highest BCUT2D eigenvalue weighted by molar-refractivity contribution is 6.28. The molecular formula is C27H16FNO3. The molecule has 0 spiro atoms. The van der Waals surface area contributed by atoms with Gasteiger partial charge in [0.15, 0.2) is 0 Å². The molecule has 0 fully saturated rings. The molecule has 0 bridgehead atoms. The molecule has 0 N–H and O–H groups in total. The number of para-hydroxylation sites is 1. The average molecular weight is 421 g/mol. The van der Waals surface area contributed by atoms with E-state index in [-0.39, 0.29) is 11.7 Å². The number of methoxy groups -OCH3 is 1. The van der Waals surface area contributed by atoms with Gasteiger partial charge in [0.1, 0.15) is 22.9 Å². The number of hydrogen-bond donors (Lipinski definition) is 0. The van der Waals surface area contributed by atoms with E-state index < -0.39 is 0 Å². The average Bonchev–Trinajstić information content (AvgIpc) is 3.35. The van der Waals surface area contributed by atoms with Crippen LogP contribution in [0.25, 0.3) is 38.6 Å². The van der Waals surface area contributed by atoms with Crippen molar-refractivity contribution in [3.05, 3.63) is 101 Å². The third kappa shape index (κ3) is 2.68. The summed E-state index contributed by atoms with van der Waals surface area (Å²) in [5.74, 6) is 0.544. The number of benzene rings is 4. The zero-order valence-electron chi connectivity index (χ0n) is 17.1. The van der Waals surface area contributed by atoms with Gasteiger partial charge < -0.3 is 9.15 Å². The lowest BCUT2D eigenvalue weighted by molar-refractivity contribution is -0.112. The van der Waals surface area contributed by atoms with Crippen molar-refractivity contribution in [1.29, 1.82) is 0 Å². The number of hydrogen-bond acceptors (Lipinski definition) is 3. The number of ether oxygens (including phenoxy) is 1. The predicted octanol–water partition coefficient (Wildman–Crippen LogP) is 4.76. The lowest BCUT2D eigenvalue weighted by Gasteiger charge is -2.07. The molecule has 0 saturated heterocycles. The normalized spacial score (nSPS) is 12.9. The van der Waals surface area contributed by atoms with Crippen LogP contribution in [0.1, 0.15) is 5.56 Å². The monoisotopic (exact) mass is 421 g/mol. The van der Waals surface area contributed by atoms with Gasteiger partial charge in [-0.2, -0.15) is 0 Å². The molecule has 5 aromatic rings. The highest BCUT2D eigenvalue weighted by Crippen LogP contribution is 2.42. The molecule has 0 atom stereocenters. The molecule has 0 aliphatic carbocycles. The fourth-order valence-corrected chi connectivity index (χ4v) is 4.37. The minimum atomic E-state index is -0.341. The highest BCUT2D eigenvalue weighted by Gasteiger charge is 2.28. The molecule has 32 heavy (non-hydrogen) atoms. The largest absolute Gasteiger partial charge is 0.497 e. The molecule has 4 nitrogen and oxygen atoms in total. The van der Waals surface area contributed by atoms with Crippen molar-refractivity contribution in [2.45, 2.75) is 0 Å². The summed E-state index contributed by atoms with van der Waals surface area (Å²) in [6.07, 6.45) is 0. The van der Waals surface area contributed by atoms with E-state index in [0.29, 0.717) is 39.2 Å². The number of fused-ring (bicyclic) bond motifs is 4. The first-order valence-electron chi connectivity index (χ1n) is 10.2. The minimum absolute atomic E-state index is 0.322. The van der Waals surface area contributed by atoms with Crippen molar-refractivity contribution >= 4 is 33.2 Å². The molecule has 2 heterocycles. The van der Waals surface area contributed by atoms with Gasteiger partial charge in [-0.3, -0.25) is 4.79 Å². The standard InChI is InChI=1S/C27H16FNO3/c1-31-18-12-8-15-9-13-22-23(20(15)14-18)25(26(32-22)16-6-10-17(28)11-7-16)24-19-4-2-3-5-21(19)29-27(24)30/h2-14H,1H3. The Morgan fingerprint density at radius 1 is 0.938 bits per heavy atom. The van der Waals surface area contributed by atoms with Gasteiger partial charge in [0.05, 0.1) is 18.0 Å². The van der Waals surface area contributed by atoms with Gasteiger partial charge in [-0.05, 0) is 59.3 Å². The molecule has 0 saturated carbocycles. The number of amides is 1. The molecule has 1 aliphatic heterocycles. The van der Waals surface area contributed by atoms with Crippen molar-refractivity contribution in [3.63, 3.8) is 0 Å². The van der Waals surface area contributed by atoms with E-state index in [1.807, 2.05) is 54.6 Å². The van der Waals surface area contributed by atoms with E-state index in [2.05, 4.69) is 4.99 Å². The summed E-state index contributed by atoms with van der Waals surface area (Å²) in [6.45, 7) is 0. The quantitative estimate of drug-likeness (QED) is 0.422. The topological polar surface area (TPSA) is 51.8 Å². The second-order valence-corrected chi connectivity index (χ2v) is 7.65. The van der Waals surface area contributed by atoms with Crippen LogP contribution in [0.4, 0.5) is 4.39 Å². The number of rotatable bonds is 3. The molecule has 6 rings (SSSR count). The summed E-state index contributed by atoms with van der Waals surface area (Å²) in [5, 5.41) is 4.07. The molecular weight excluding hydrogens is 405 g/mol. The van der Waals surface area contributed by atoms with Crippen LogP contribution in [-0.2, 0) is 4.79 Å². The van der Waals surface area contributed by atoms with E-state index in [0.717, 1.165) is 21.4 Å². The summed E-state index contributed by atoms with van der Waals surface area (Å²) in [7, 11) is 1.62. The Labute approximate surface area is 181 Å². The van der Waals surface area contributed by atoms with Crippen molar-refractivity contribution in [2.75, 3.05) is 7.11 Å². The van der Waals surface area contributed by atoms with E-state index in [9.17, 15) is 9.18 Å². The Morgan fingerprint density at radius 3 is 2.53 bits per heavy atom. The molecule has 4 aromatic carbocycles. The van der Waals surface area contributed by atoms with Gasteiger partial charge in [0.25, 0.3) is 5.91 Å². The van der Waals surface area contributed by atoms with Crippen molar-refractivity contribution in [3.8, 4) is 17.1 Å². The second kappa shape index (κ2) is 6.89. The Hall–Kier alpha value is -4.25. The number of carbonyl (C=O) groups excluding carboxylic acids is 1. The lowest BCUT2D eigenvalue weighted by Crippen LogP contribution is -2.22. The van der Waals surface area contributed by atoms with Crippen LogP contribution >= 0.6 is 0 Å². The maximum Gasteiger partial charge on any atom is 0.279 e. The molecule has 1 amide bonds. The Balaban J connectivity index is 1.82. The number of furan rings is 1. The van der Waals surface area contributed by atoms with Gasteiger partial charge in [0.2, 0.25) is 0 Å². The first-order chi connectivity index (χ1) is 15.6. The van der Waals surface area contributed by atoms with Gasteiger partial charge in [0, 0.05) is 21.7 Å². The van der Waals surface area contributed by atoms with Crippen molar-refractivity contribution in [1.82, 2.24) is 0 Å². The lowest BCUT2D eigenvalue weighted by atomic mass is 9.94. The van der Waals surface area contributed by atoms with Crippen LogP contribution in [0.15, 0.2) is 88.3 Å². The smallest absolute Gasteiger partial charge is 0.279 e. The SMILES string of the molecule is COc1ccc2ccc3oc(-c4ccc(F)cc4)c(C4=c5ccccc5=NC4=O)c3c2c1. The predicted molar refractivity (Wildman–Crippen MR) is 120 cm³/mol. The molecule has 0 unspecified atom stereocenters. The number of carbonyl (C=O) groups is 1. The minimum Gasteiger partial charge on any atom is -0.497 e. The number of halogens is 1. The maximum absolute atomic E-state index is 13.6. The third-order valence-corrected chi connectivity index (χ3v) is 5.85. The fraction of sp³-hybridized carbons (Fsp3) is 0.0370. The fourth-order valence-electron chi connectivity index (χ4n) is 4.37. The summed E-state index contributed by atoms with van der Waals surface area (Å²) in [4.78, 5) is 17.4. The van der Waals surface area contributed by atoms with Crippen LogP contribution in [0.3, 0.4) is 0 Å². The first kappa shape index (κ1) is 18.5. The number of nitrogens with zero attached hydrogens (tertiary/aromatic N) is 1. The van der Waals surface area contributed by atoms with Gasteiger partial charge in [-0.15, -0.1) is 0 Å². The zero-order chi connectivity index (χ0) is 21.8. The summed E-state index contributed by atoms with van der Waals surface area (Å²) >= 11 is 0. The molecule has 0 radical (unpaired) electrons. The maximum atomic E-state index is 13.6. The second-order valence-electron chi connectivity index (χ2n) is 7.65. The van der Waals surface area contributed by atoms with E-state index in [1.165, 1.54) is 12.1 Å². The van der Waals surface area contributed by atoms with Gasteiger partial charge in [-0.1, -0.05) is 30.3 Å². The van der Waals surface area contributed by atoms with E-state index >= 15 is 0 Å². The van der Waals surface area contributed by atoms with Gasteiger partial charge >= 0.3 is 0 Å². The summed E-state index contributed by atoms with van der Waals surface area (Å²) < 4.78 is 25.4. The first-order valence-corrected chi connectivity index (χ1v) is 10.2.